The molecule has 0 aromatic heterocycles. The molecule has 0 bridgehead atoms. The molecule has 33 heavy (non-hydrogen) atoms. The second-order valence-electron chi connectivity index (χ2n) is 7.87. The molecule has 0 unspecified atom stereocenters. The van der Waals surface area contributed by atoms with Gasteiger partial charge >= 0.3 is 18.0 Å². The molecule has 1 heterocycles. The summed E-state index contributed by atoms with van der Waals surface area (Å²) in [6, 6.07) is -0.819. The normalized spacial score (nSPS) is 16.7. The first-order chi connectivity index (χ1) is 15.7. The number of carbonyl (C=O) groups is 4. The largest absolute Gasteiger partial charge is 0.452 e. The quantitative estimate of drug-likeness (QED) is 0.247. The summed E-state index contributed by atoms with van der Waals surface area (Å²) in [6.07, 6.45) is 2.96. The van der Waals surface area contributed by atoms with E-state index in [1.165, 1.54) is 16.0 Å². The lowest BCUT2D eigenvalue weighted by atomic mass is 10.1. The fourth-order valence-electron chi connectivity index (χ4n) is 3.19. The van der Waals surface area contributed by atoms with Crippen LogP contribution in [-0.2, 0) is 28.6 Å². The third-order valence-electron chi connectivity index (χ3n) is 5.10. The summed E-state index contributed by atoms with van der Waals surface area (Å²) in [6.45, 7) is 12.4. The van der Waals surface area contributed by atoms with Crippen LogP contribution in [0.3, 0.4) is 0 Å². The molecule has 1 aliphatic rings. The van der Waals surface area contributed by atoms with Crippen LogP contribution in [0.4, 0.5) is 4.79 Å². The van der Waals surface area contributed by atoms with E-state index in [9.17, 15) is 19.2 Å². The first-order valence-corrected chi connectivity index (χ1v) is 11.0. The van der Waals surface area contributed by atoms with Gasteiger partial charge in [0, 0.05) is 44.9 Å². The average molecular weight is 466 g/mol. The molecule has 1 fully saturated rings. The molecule has 0 aromatic carbocycles. The number of rotatable bonds is 12. The van der Waals surface area contributed by atoms with Gasteiger partial charge in [-0.3, -0.25) is 14.6 Å². The standard InChI is InChI=1S/C23H35N3O7/c1-7-17(24-9-3)12-14-25(6)23(30)32-15-31-22(29)18-11-10-13-26(18)21(28)20(16(4)5)33-19(27)8-2/h7,9,16,18,20H,1,3,8,10-15H2,2,4-6H3/t18-,20+/m0/s1. The van der Waals surface area contributed by atoms with Gasteiger partial charge in [-0.15, -0.1) is 0 Å². The van der Waals surface area contributed by atoms with E-state index in [4.69, 9.17) is 14.2 Å². The molecular formula is C23H35N3O7. The Bertz CT molecular complexity index is 763. The van der Waals surface area contributed by atoms with Crippen molar-refractivity contribution in [3.63, 3.8) is 0 Å². The van der Waals surface area contributed by atoms with Crippen LogP contribution in [0.1, 0.15) is 46.5 Å². The average Bonchev–Trinajstić information content (AvgIpc) is 3.29. The number of aliphatic imine (C=N–C) groups is 1. The van der Waals surface area contributed by atoms with Crippen LogP contribution in [0, 0.1) is 5.92 Å². The van der Waals surface area contributed by atoms with E-state index in [1.807, 2.05) is 0 Å². The zero-order valence-corrected chi connectivity index (χ0v) is 20.0. The highest BCUT2D eigenvalue weighted by Crippen LogP contribution is 2.22. The summed E-state index contributed by atoms with van der Waals surface area (Å²) < 4.78 is 15.4. The number of hydrogen-bond donors (Lipinski definition) is 0. The van der Waals surface area contributed by atoms with Gasteiger partial charge in [-0.25, -0.2) is 9.59 Å². The summed E-state index contributed by atoms with van der Waals surface area (Å²) in [5, 5.41) is 0. The van der Waals surface area contributed by atoms with E-state index >= 15 is 0 Å². The first-order valence-electron chi connectivity index (χ1n) is 11.0. The lowest BCUT2D eigenvalue weighted by molar-refractivity contribution is -0.168. The monoisotopic (exact) mass is 465 g/mol. The van der Waals surface area contributed by atoms with Gasteiger partial charge in [0.05, 0.1) is 0 Å². The summed E-state index contributed by atoms with van der Waals surface area (Å²) in [5.41, 5.74) is 0.673. The summed E-state index contributed by atoms with van der Waals surface area (Å²) in [4.78, 5) is 56.0. The highest BCUT2D eigenvalue weighted by atomic mass is 16.7. The third kappa shape index (κ3) is 8.70. The van der Waals surface area contributed by atoms with Crippen LogP contribution < -0.4 is 0 Å². The van der Waals surface area contributed by atoms with Crippen molar-refractivity contribution >= 4 is 29.7 Å². The number of ether oxygens (including phenoxy) is 3. The first kappa shape index (κ1) is 27.9. The van der Waals surface area contributed by atoms with E-state index in [1.54, 1.807) is 33.9 Å². The number of nitrogens with zero attached hydrogens (tertiary/aromatic N) is 3. The third-order valence-corrected chi connectivity index (χ3v) is 5.10. The van der Waals surface area contributed by atoms with Gasteiger partial charge in [-0.2, -0.15) is 0 Å². The molecule has 2 atom stereocenters. The number of hydrogen-bond acceptors (Lipinski definition) is 8. The molecule has 10 nitrogen and oxygen atoms in total. The Morgan fingerprint density at radius 3 is 2.48 bits per heavy atom. The summed E-state index contributed by atoms with van der Waals surface area (Å²) in [5.74, 6) is -1.83. The number of likely N-dealkylation sites (tertiary alicyclic amines) is 1. The van der Waals surface area contributed by atoms with Crippen molar-refractivity contribution in [3.05, 3.63) is 25.4 Å². The van der Waals surface area contributed by atoms with Crippen LogP contribution >= 0.6 is 0 Å². The van der Waals surface area contributed by atoms with Gasteiger partial charge in [0.2, 0.25) is 6.79 Å². The minimum absolute atomic E-state index is 0.151. The van der Waals surface area contributed by atoms with Gasteiger partial charge in [0.1, 0.15) is 6.04 Å². The molecule has 0 spiro atoms. The second-order valence-corrected chi connectivity index (χ2v) is 7.87. The molecule has 0 radical (unpaired) electrons. The van der Waals surface area contributed by atoms with E-state index in [-0.39, 0.29) is 12.3 Å². The predicted octanol–water partition coefficient (Wildman–Crippen LogP) is 2.68. The molecule has 0 saturated carbocycles. The van der Waals surface area contributed by atoms with Crippen molar-refractivity contribution in [1.29, 1.82) is 0 Å². The van der Waals surface area contributed by atoms with Crippen molar-refractivity contribution < 1.29 is 33.4 Å². The van der Waals surface area contributed by atoms with Gasteiger partial charge in [0.15, 0.2) is 6.10 Å². The predicted molar refractivity (Wildman–Crippen MR) is 122 cm³/mol. The molecule has 1 aliphatic heterocycles. The molecule has 0 N–H and O–H groups in total. The minimum Gasteiger partial charge on any atom is -0.452 e. The molecule has 1 rings (SSSR count). The molecule has 0 aliphatic carbocycles. The fourth-order valence-corrected chi connectivity index (χ4v) is 3.19. The molecule has 184 valence electrons. The summed E-state index contributed by atoms with van der Waals surface area (Å²) >= 11 is 0. The van der Waals surface area contributed by atoms with E-state index in [0.29, 0.717) is 38.1 Å². The number of amides is 2. The van der Waals surface area contributed by atoms with Crippen molar-refractivity contribution in [2.75, 3.05) is 26.9 Å². The maximum absolute atomic E-state index is 12.9. The van der Waals surface area contributed by atoms with Crippen molar-refractivity contribution in [2.24, 2.45) is 10.9 Å². The maximum atomic E-state index is 12.9. The topological polar surface area (TPSA) is 115 Å². The summed E-state index contributed by atoms with van der Waals surface area (Å²) in [7, 11) is 1.54. The molecular weight excluding hydrogens is 430 g/mol. The fraction of sp³-hybridized carbons (Fsp3) is 0.609. The Morgan fingerprint density at radius 1 is 1.21 bits per heavy atom. The van der Waals surface area contributed by atoms with Crippen LogP contribution in [0.25, 0.3) is 0 Å². The van der Waals surface area contributed by atoms with Gasteiger partial charge in [-0.1, -0.05) is 33.9 Å². The Balaban J connectivity index is 2.59. The Morgan fingerprint density at radius 2 is 1.91 bits per heavy atom. The van der Waals surface area contributed by atoms with Gasteiger partial charge in [0.25, 0.3) is 5.91 Å². The van der Waals surface area contributed by atoms with Crippen molar-refractivity contribution in [2.45, 2.75) is 58.6 Å². The molecule has 1 saturated heterocycles. The zero-order valence-electron chi connectivity index (χ0n) is 20.0. The van der Waals surface area contributed by atoms with Gasteiger partial charge < -0.3 is 24.0 Å². The minimum atomic E-state index is -0.970. The highest BCUT2D eigenvalue weighted by Gasteiger charge is 2.40. The van der Waals surface area contributed by atoms with Crippen molar-refractivity contribution in [1.82, 2.24) is 9.80 Å². The maximum Gasteiger partial charge on any atom is 0.412 e. The van der Waals surface area contributed by atoms with Gasteiger partial charge in [-0.05, 0) is 24.8 Å². The second kappa shape index (κ2) is 14.1. The highest BCUT2D eigenvalue weighted by molar-refractivity contribution is 5.95. The van der Waals surface area contributed by atoms with E-state index < -0.39 is 42.9 Å². The van der Waals surface area contributed by atoms with Crippen LogP contribution in [0.15, 0.2) is 30.4 Å². The van der Waals surface area contributed by atoms with Crippen LogP contribution in [-0.4, -0.2) is 78.5 Å². The zero-order chi connectivity index (χ0) is 25.0. The van der Waals surface area contributed by atoms with Crippen molar-refractivity contribution in [3.8, 4) is 0 Å². The SMILES string of the molecule is C=CN=C(C=C)CCN(C)C(=O)OCOC(=O)[C@@H]1CCCN1C(=O)[C@H](OC(=O)CC)C(C)C. The molecule has 10 heteroatoms. The van der Waals surface area contributed by atoms with E-state index in [0.717, 1.165) is 0 Å². The number of esters is 2. The Kier molecular flexibility index (Phi) is 11.9. The van der Waals surface area contributed by atoms with E-state index in [2.05, 4.69) is 18.2 Å². The van der Waals surface area contributed by atoms with Crippen LogP contribution in [0.5, 0.6) is 0 Å². The molecule has 2 amide bonds. The Hall–Kier alpha value is -3.17. The smallest absolute Gasteiger partial charge is 0.412 e. The Labute approximate surface area is 195 Å². The number of allylic oxidation sites excluding steroid dienone is 1. The number of carbonyl (C=O) groups excluding carboxylic acids is 4. The lowest BCUT2D eigenvalue weighted by Gasteiger charge is -2.29. The molecule has 0 aromatic rings. The van der Waals surface area contributed by atoms with Crippen LogP contribution in [0.2, 0.25) is 0 Å². The lowest BCUT2D eigenvalue weighted by Crippen LogP contribution is -2.49.